The van der Waals surface area contributed by atoms with Gasteiger partial charge in [-0.3, -0.25) is 9.59 Å². The van der Waals surface area contributed by atoms with Gasteiger partial charge in [0.25, 0.3) is 5.91 Å². The highest BCUT2D eigenvalue weighted by atomic mass is 16.5. The number of primary amides is 1. The lowest BCUT2D eigenvalue weighted by Gasteiger charge is -2.13. The number of carbonyl (C=O) groups is 2. The van der Waals surface area contributed by atoms with Crippen LogP contribution in [0.4, 0.5) is 0 Å². The van der Waals surface area contributed by atoms with E-state index in [1.807, 2.05) is 66.4 Å². The van der Waals surface area contributed by atoms with Crippen LogP contribution >= 0.6 is 0 Å². The number of nitrogens with zero attached hydrogens (tertiary/aromatic N) is 3. The molecule has 2 aromatic carbocycles. The molecular formula is C26H25N5O3. The average molecular weight is 456 g/mol. The van der Waals surface area contributed by atoms with Crippen LogP contribution in [0, 0.1) is 0 Å². The van der Waals surface area contributed by atoms with Gasteiger partial charge in [0.15, 0.2) is 5.69 Å². The Balaban J connectivity index is 1.45. The van der Waals surface area contributed by atoms with E-state index in [-0.39, 0.29) is 17.5 Å². The van der Waals surface area contributed by atoms with E-state index in [1.54, 1.807) is 22.9 Å². The molecule has 1 atom stereocenters. The van der Waals surface area contributed by atoms with E-state index in [4.69, 9.17) is 10.5 Å². The highest BCUT2D eigenvalue weighted by Gasteiger charge is 2.30. The number of fused-ring (bicyclic) bond motifs is 1. The van der Waals surface area contributed by atoms with Gasteiger partial charge in [0, 0.05) is 30.1 Å². The van der Waals surface area contributed by atoms with Crippen molar-refractivity contribution >= 4 is 17.5 Å². The van der Waals surface area contributed by atoms with Crippen LogP contribution in [0.15, 0.2) is 72.9 Å². The van der Waals surface area contributed by atoms with E-state index in [1.165, 1.54) is 0 Å². The summed E-state index contributed by atoms with van der Waals surface area (Å²) < 4.78 is 7.44. The zero-order chi connectivity index (χ0) is 23.7. The van der Waals surface area contributed by atoms with Gasteiger partial charge < -0.3 is 20.4 Å². The number of H-pyrrole nitrogens is 1. The van der Waals surface area contributed by atoms with Crippen LogP contribution in [0.25, 0.3) is 16.9 Å². The Bertz CT molecular complexity index is 1370. The van der Waals surface area contributed by atoms with Crippen molar-refractivity contribution in [1.82, 2.24) is 19.5 Å². The van der Waals surface area contributed by atoms with Crippen LogP contribution in [0.2, 0.25) is 0 Å². The fourth-order valence-electron chi connectivity index (χ4n) is 4.45. The van der Waals surface area contributed by atoms with Crippen LogP contribution < -0.4 is 10.5 Å². The van der Waals surface area contributed by atoms with Gasteiger partial charge in [0.1, 0.15) is 17.1 Å². The number of benzene rings is 2. The first-order valence-corrected chi connectivity index (χ1v) is 11.2. The minimum absolute atomic E-state index is 0.0104. The summed E-state index contributed by atoms with van der Waals surface area (Å²) in [4.78, 5) is 29.8. The van der Waals surface area contributed by atoms with Gasteiger partial charge in [0.05, 0.1) is 11.9 Å². The molecule has 2 aromatic heterocycles. The van der Waals surface area contributed by atoms with Crippen molar-refractivity contribution in [3.63, 3.8) is 0 Å². The fraction of sp³-hybridized carbons (Fsp3) is 0.192. The van der Waals surface area contributed by atoms with Crippen LogP contribution in [0.1, 0.15) is 35.3 Å². The first-order valence-electron chi connectivity index (χ1n) is 11.2. The van der Waals surface area contributed by atoms with E-state index < -0.39 is 5.91 Å². The van der Waals surface area contributed by atoms with Crippen molar-refractivity contribution in [2.24, 2.45) is 5.73 Å². The Morgan fingerprint density at radius 1 is 1.12 bits per heavy atom. The molecule has 3 heterocycles. The number of para-hydroxylation sites is 1. The molecule has 4 aromatic rings. The molecule has 8 nitrogen and oxygen atoms in total. The number of ether oxygens (including phenoxy) is 1. The van der Waals surface area contributed by atoms with E-state index in [0.717, 1.165) is 28.9 Å². The molecule has 1 saturated heterocycles. The molecule has 0 bridgehead atoms. The van der Waals surface area contributed by atoms with E-state index in [2.05, 4.69) is 10.1 Å². The number of aromatic amines is 1. The van der Waals surface area contributed by atoms with Crippen molar-refractivity contribution in [2.45, 2.75) is 19.3 Å². The minimum atomic E-state index is -0.572. The molecule has 1 aliphatic heterocycles. The molecular weight excluding hydrogens is 430 g/mol. The molecule has 1 fully saturated rings. The fourth-order valence-corrected chi connectivity index (χ4v) is 4.45. The second kappa shape index (κ2) is 8.90. The number of rotatable bonds is 6. The van der Waals surface area contributed by atoms with Crippen molar-refractivity contribution in [3.8, 4) is 22.8 Å². The summed E-state index contributed by atoms with van der Waals surface area (Å²) in [6.07, 6.45) is 5.92. The molecule has 0 saturated carbocycles. The average Bonchev–Trinajstić information content (AvgIpc) is 3.55. The van der Waals surface area contributed by atoms with Crippen molar-refractivity contribution in [1.29, 1.82) is 0 Å². The van der Waals surface area contributed by atoms with Crippen LogP contribution in [-0.4, -0.2) is 44.4 Å². The molecule has 1 unspecified atom stereocenters. The highest BCUT2D eigenvalue weighted by molar-refractivity contribution is 5.98. The monoisotopic (exact) mass is 455 g/mol. The van der Waals surface area contributed by atoms with Gasteiger partial charge in [0.2, 0.25) is 5.91 Å². The van der Waals surface area contributed by atoms with Crippen molar-refractivity contribution < 1.29 is 14.3 Å². The maximum absolute atomic E-state index is 12.4. The lowest BCUT2D eigenvalue weighted by atomic mass is 10.0. The lowest BCUT2D eigenvalue weighted by Crippen LogP contribution is -2.26. The number of allylic oxidation sites excluding steroid dienone is 1. The number of nitrogens with two attached hydrogens (primary N) is 1. The van der Waals surface area contributed by atoms with E-state index in [0.29, 0.717) is 24.5 Å². The second-order valence-corrected chi connectivity index (χ2v) is 8.28. The van der Waals surface area contributed by atoms with Crippen molar-refractivity contribution in [3.05, 3.63) is 84.2 Å². The maximum Gasteiger partial charge on any atom is 0.269 e. The Morgan fingerprint density at radius 3 is 2.56 bits per heavy atom. The second-order valence-electron chi connectivity index (χ2n) is 8.28. The van der Waals surface area contributed by atoms with Gasteiger partial charge in [-0.05, 0) is 55.8 Å². The number of likely N-dealkylation sites (tertiary alicyclic amines) is 1. The molecule has 0 spiro atoms. The number of nitrogens with one attached hydrogen (secondary N) is 1. The summed E-state index contributed by atoms with van der Waals surface area (Å²) in [5, 5.41) is 4.45. The molecule has 34 heavy (non-hydrogen) atoms. The number of hydrogen-bond donors (Lipinski definition) is 2. The summed E-state index contributed by atoms with van der Waals surface area (Å²) in [5.74, 6) is 0.993. The van der Waals surface area contributed by atoms with Crippen LogP contribution in [0.3, 0.4) is 0 Å². The van der Waals surface area contributed by atoms with Crippen LogP contribution in [0.5, 0.6) is 11.5 Å². The van der Waals surface area contributed by atoms with E-state index >= 15 is 0 Å². The summed E-state index contributed by atoms with van der Waals surface area (Å²) in [6.45, 7) is 3.12. The molecule has 172 valence electrons. The smallest absolute Gasteiger partial charge is 0.269 e. The first-order chi connectivity index (χ1) is 16.5. The molecule has 5 rings (SSSR count). The standard InChI is InChI=1S/C26H25N5O3/c1-2-6-22(32)30-14-13-18(16-30)21-15-28-31-24(25(27)33)23(29-26(21)31)17-9-11-20(12-10-17)34-19-7-4-3-5-8-19/h2-12,15,18,29H,13-14,16H2,1H3,(H2,27,33)/b6-2+. The zero-order valence-corrected chi connectivity index (χ0v) is 18.8. The number of imidazole rings is 1. The number of hydrogen-bond acceptors (Lipinski definition) is 4. The maximum atomic E-state index is 12.4. The largest absolute Gasteiger partial charge is 0.457 e. The Morgan fingerprint density at radius 2 is 1.85 bits per heavy atom. The van der Waals surface area contributed by atoms with Crippen molar-refractivity contribution in [2.75, 3.05) is 13.1 Å². The summed E-state index contributed by atoms with van der Waals surface area (Å²) in [5.41, 5.74) is 9.12. The van der Waals surface area contributed by atoms with E-state index in [9.17, 15) is 9.59 Å². The third kappa shape index (κ3) is 3.94. The Kier molecular flexibility index (Phi) is 5.63. The predicted molar refractivity (Wildman–Crippen MR) is 129 cm³/mol. The SMILES string of the molecule is C/C=C/C(=O)N1CCC(c2cnn3c(C(N)=O)c(-c4ccc(Oc5ccccc5)cc4)[nH]c23)C1. The van der Waals surface area contributed by atoms with Gasteiger partial charge in [-0.2, -0.15) is 5.10 Å². The van der Waals surface area contributed by atoms with Gasteiger partial charge in [-0.15, -0.1) is 0 Å². The highest BCUT2D eigenvalue weighted by Crippen LogP contribution is 2.34. The summed E-state index contributed by atoms with van der Waals surface area (Å²) in [6, 6.07) is 17.0. The third-order valence-corrected chi connectivity index (χ3v) is 6.09. The zero-order valence-electron chi connectivity index (χ0n) is 18.8. The molecule has 8 heteroatoms. The number of carbonyl (C=O) groups excluding carboxylic acids is 2. The van der Waals surface area contributed by atoms with Gasteiger partial charge in [-0.1, -0.05) is 24.3 Å². The number of amides is 2. The molecule has 1 aliphatic rings. The minimum Gasteiger partial charge on any atom is -0.457 e. The molecule has 0 radical (unpaired) electrons. The Labute approximate surface area is 196 Å². The lowest BCUT2D eigenvalue weighted by molar-refractivity contribution is -0.125. The Hall–Kier alpha value is -4.33. The predicted octanol–water partition coefficient (Wildman–Crippen LogP) is 4.11. The van der Waals surface area contributed by atoms with Gasteiger partial charge in [-0.25, -0.2) is 4.52 Å². The van der Waals surface area contributed by atoms with Gasteiger partial charge >= 0.3 is 0 Å². The third-order valence-electron chi connectivity index (χ3n) is 6.09. The topological polar surface area (TPSA) is 106 Å². The van der Waals surface area contributed by atoms with Crippen LogP contribution in [-0.2, 0) is 4.79 Å². The molecule has 0 aliphatic carbocycles. The molecule has 2 amide bonds. The molecule has 3 N–H and O–H groups in total. The summed E-state index contributed by atoms with van der Waals surface area (Å²) >= 11 is 0. The summed E-state index contributed by atoms with van der Waals surface area (Å²) in [7, 11) is 0. The number of aromatic nitrogens is 3. The first kappa shape index (κ1) is 21.5. The normalized spacial score (nSPS) is 15.9. The quantitative estimate of drug-likeness (QED) is 0.427.